The van der Waals surface area contributed by atoms with Crippen LogP contribution in [0.1, 0.15) is 6.92 Å². The van der Waals surface area contributed by atoms with E-state index in [9.17, 15) is 4.79 Å². The topological polar surface area (TPSA) is 98.0 Å². The normalized spacial score (nSPS) is 19.0. The first-order chi connectivity index (χ1) is 5.00. The van der Waals surface area contributed by atoms with Crippen LogP contribution >= 0.6 is 0 Å². The van der Waals surface area contributed by atoms with Crippen molar-refractivity contribution in [1.29, 1.82) is 0 Å². The third-order valence-corrected chi connectivity index (χ3v) is 1.25. The summed E-state index contributed by atoms with van der Waals surface area (Å²) >= 11 is 0. The van der Waals surface area contributed by atoms with Crippen molar-refractivity contribution in [3.8, 4) is 0 Å². The Bertz CT molecular complexity index is 133. The van der Waals surface area contributed by atoms with Crippen LogP contribution in [0.3, 0.4) is 0 Å². The van der Waals surface area contributed by atoms with Crippen LogP contribution in [-0.4, -0.2) is 51.1 Å². The molecule has 11 heavy (non-hydrogen) atoms. The molecule has 0 saturated heterocycles. The summed E-state index contributed by atoms with van der Waals surface area (Å²) in [5, 5.41) is 34.4. The number of aliphatic hydroxyl groups is 4. The van der Waals surface area contributed by atoms with Crippen molar-refractivity contribution in [2.45, 2.75) is 25.2 Å². The van der Waals surface area contributed by atoms with E-state index in [0.717, 1.165) is 0 Å². The van der Waals surface area contributed by atoms with Crippen molar-refractivity contribution in [3.05, 3.63) is 0 Å². The molecule has 0 heterocycles. The molecule has 0 amide bonds. The molecule has 0 saturated carbocycles. The maximum atomic E-state index is 10.7. The lowest BCUT2D eigenvalue weighted by Gasteiger charge is -2.14. The van der Waals surface area contributed by atoms with Crippen LogP contribution in [-0.2, 0) is 4.79 Å². The zero-order valence-corrected chi connectivity index (χ0v) is 6.14. The summed E-state index contributed by atoms with van der Waals surface area (Å²) in [7, 11) is 0. The molecule has 66 valence electrons. The summed E-state index contributed by atoms with van der Waals surface area (Å²) in [4.78, 5) is 10.7. The Balaban J connectivity index is 4.02. The second-order valence-electron chi connectivity index (χ2n) is 2.29. The van der Waals surface area contributed by atoms with E-state index in [4.69, 9.17) is 20.4 Å². The lowest BCUT2D eigenvalue weighted by atomic mass is 10.1. The predicted octanol–water partition coefficient (Wildman–Crippen LogP) is -2.35. The van der Waals surface area contributed by atoms with E-state index in [2.05, 4.69) is 0 Å². The van der Waals surface area contributed by atoms with Crippen molar-refractivity contribution in [2.75, 3.05) is 6.61 Å². The fraction of sp³-hybridized carbons (Fsp3) is 0.833. The number of hydrogen-bond acceptors (Lipinski definition) is 5. The zero-order valence-electron chi connectivity index (χ0n) is 6.14. The number of hydrogen-bond donors (Lipinski definition) is 4. The van der Waals surface area contributed by atoms with Gasteiger partial charge in [0.1, 0.15) is 12.2 Å². The minimum Gasteiger partial charge on any atom is -0.393 e. The van der Waals surface area contributed by atoms with Gasteiger partial charge in [-0.2, -0.15) is 0 Å². The largest absolute Gasteiger partial charge is 0.393 e. The number of Topliss-reactive ketones (excluding diaryl/α,β-unsaturated/α-hetero) is 1. The van der Waals surface area contributed by atoms with Crippen LogP contribution in [0.4, 0.5) is 0 Å². The molecule has 5 nitrogen and oxygen atoms in total. The lowest BCUT2D eigenvalue weighted by molar-refractivity contribution is -0.142. The fourth-order valence-corrected chi connectivity index (χ4v) is 0.525. The number of aliphatic hydroxyl groups excluding tert-OH is 4. The monoisotopic (exact) mass is 164 g/mol. The van der Waals surface area contributed by atoms with E-state index in [1.54, 1.807) is 0 Å². The summed E-state index contributed by atoms with van der Waals surface area (Å²) in [5.74, 6) is -0.970. The highest BCUT2D eigenvalue weighted by atomic mass is 16.4. The molecular formula is C6H12O5. The van der Waals surface area contributed by atoms with Gasteiger partial charge >= 0.3 is 0 Å². The quantitative estimate of drug-likeness (QED) is 0.373. The standard InChI is InChI=1S/C6H12O5/c1-3(8)5(10)6(11)4(9)2-7/h3-5,7-10H,2H2,1H3/t3-,4?,5-/m0/s1. The third kappa shape index (κ3) is 2.94. The molecule has 0 aromatic heterocycles. The van der Waals surface area contributed by atoms with Gasteiger partial charge in [0.2, 0.25) is 0 Å². The smallest absolute Gasteiger partial charge is 0.194 e. The first-order valence-electron chi connectivity index (χ1n) is 3.19. The third-order valence-electron chi connectivity index (χ3n) is 1.25. The molecule has 0 aliphatic rings. The highest BCUT2D eigenvalue weighted by molar-refractivity contribution is 5.87. The summed E-state index contributed by atoms with van der Waals surface area (Å²) in [5.41, 5.74) is 0. The van der Waals surface area contributed by atoms with Gasteiger partial charge in [-0.15, -0.1) is 0 Å². The SMILES string of the molecule is C[C@H](O)[C@H](O)C(=O)C(O)CO. The highest BCUT2D eigenvalue weighted by Gasteiger charge is 2.26. The Morgan fingerprint density at radius 1 is 1.36 bits per heavy atom. The van der Waals surface area contributed by atoms with Crippen molar-refractivity contribution in [2.24, 2.45) is 0 Å². The first-order valence-corrected chi connectivity index (χ1v) is 3.19. The molecule has 0 aliphatic carbocycles. The van der Waals surface area contributed by atoms with Crippen LogP contribution in [0, 0.1) is 0 Å². The van der Waals surface area contributed by atoms with Crippen LogP contribution in [0.5, 0.6) is 0 Å². The summed E-state index contributed by atoms with van der Waals surface area (Å²) in [6, 6.07) is 0. The molecule has 0 aromatic rings. The molecule has 0 aliphatic heterocycles. The number of ketones is 1. The molecule has 1 unspecified atom stereocenters. The van der Waals surface area contributed by atoms with E-state index in [1.807, 2.05) is 0 Å². The first kappa shape index (κ1) is 10.5. The van der Waals surface area contributed by atoms with Crippen molar-refractivity contribution >= 4 is 5.78 Å². The Morgan fingerprint density at radius 2 is 1.82 bits per heavy atom. The van der Waals surface area contributed by atoms with E-state index < -0.39 is 30.7 Å². The Morgan fingerprint density at radius 3 is 2.09 bits per heavy atom. The second-order valence-corrected chi connectivity index (χ2v) is 2.29. The zero-order chi connectivity index (χ0) is 9.02. The van der Waals surface area contributed by atoms with Gasteiger partial charge in [0.05, 0.1) is 12.7 Å². The molecular weight excluding hydrogens is 152 g/mol. The maximum absolute atomic E-state index is 10.7. The lowest BCUT2D eigenvalue weighted by Crippen LogP contribution is -2.40. The van der Waals surface area contributed by atoms with Gasteiger partial charge in [-0.25, -0.2) is 0 Å². The van der Waals surface area contributed by atoms with Crippen LogP contribution < -0.4 is 0 Å². The molecule has 0 fully saturated rings. The minimum atomic E-state index is -1.63. The van der Waals surface area contributed by atoms with Crippen molar-refractivity contribution in [1.82, 2.24) is 0 Å². The van der Waals surface area contributed by atoms with Gasteiger partial charge in [0.15, 0.2) is 5.78 Å². The molecule has 0 radical (unpaired) electrons. The number of carbonyl (C=O) groups is 1. The molecule has 4 N–H and O–H groups in total. The van der Waals surface area contributed by atoms with Crippen LogP contribution in [0.25, 0.3) is 0 Å². The minimum absolute atomic E-state index is 0.747. The average Bonchev–Trinajstić information content (AvgIpc) is 2.00. The molecule has 0 rings (SSSR count). The molecule has 3 atom stereocenters. The van der Waals surface area contributed by atoms with E-state index in [0.29, 0.717) is 0 Å². The van der Waals surface area contributed by atoms with Crippen molar-refractivity contribution < 1.29 is 25.2 Å². The second kappa shape index (κ2) is 4.40. The molecule has 0 aromatic carbocycles. The Kier molecular flexibility index (Phi) is 4.20. The maximum Gasteiger partial charge on any atom is 0.194 e. The highest BCUT2D eigenvalue weighted by Crippen LogP contribution is 1.97. The van der Waals surface area contributed by atoms with E-state index >= 15 is 0 Å². The average molecular weight is 164 g/mol. The molecule has 0 bridgehead atoms. The van der Waals surface area contributed by atoms with E-state index in [1.165, 1.54) is 6.92 Å². The number of carbonyl (C=O) groups excluding carboxylic acids is 1. The predicted molar refractivity (Wildman–Crippen MR) is 35.8 cm³/mol. The molecule has 0 spiro atoms. The van der Waals surface area contributed by atoms with Crippen molar-refractivity contribution in [3.63, 3.8) is 0 Å². The summed E-state index contributed by atoms with van der Waals surface area (Å²) in [6.07, 6.45) is -4.47. The Hall–Kier alpha value is -0.490. The van der Waals surface area contributed by atoms with Gasteiger partial charge in [-0.1, -0.05) is 0 Å². The summed E-state index contributed by atoms with van der Waals surface area (Å²) in [6.45, 7) is 0.468. The summed E-state index contributed by atoms with van der Waals surface area (Å²) < 4.78 is 0. The van der Waals surface area contributed by atoms with Gasteiger partial charge in [-0.3, -0.25) is 4.79 Å². The van der Waals surface area contributed by atoms with Gasteiger partial charge in [-0.05, 0) is 6.92 Å². The van der Waals surface area contributed by atoms with Crippen LogP contribution in [0.15, 0.2) is 0 Å². The fourth-order valence-electron chi connectivity index (χ4n) is 0.525. The van der Waals surface area contributed by atoms with Gasteiger partial charge < -0.3 is 20.4 Å². The Labute approximate surface area is 63.9 Å². The van der Waals surface area contributed by atoms with Gasteiger partial charge in [0.25, 0.3) is 0 Å². The number of rotatable bonds is 4. The van der Waals surface area contributed by atoms with E-state index in [-0.39, 0.29) is 0 Å². The molecule has 5 heteroatoms. The van der Waals surface area contributed by atoms with Gasteiger partial charge in [0, 0.05) is 0 Å². The van der Waals surface area contributed by atoms with Crippen LogP contribution in [0.2, 0.25) is 0 Å².